The molecule has 0 aromatic rings. The van der Waals surface area contributed by atoms with Crippen LogP contribution in [0.4, 0.5) is 0 Å². The summed E-state index contributed by atoms with van der Waals surface area (Å²) >= 11 is 4.54. The van der Waals surface area contributed by atoms with Gasteiger partial charge in [0.05, 0.1) is 0 Å². The molecule has 1 saturated carbocycles. The van der Waals surface area contributed by atoms with E-state index in [1.54, 1.807) is 0 Å². The summed E-state index contributed by atoms with van der Waals surface area (Å²) in [6, 6.07) is 0.752. The number of nitrogens with one attached hydrogen (secondary N) is 1. The molecule has 0 aromatic carbocycles. The second-order valence-corrected chi connectivity index (χ2v) is 6.45. The van der Waals surface area contributed by atoms with Gasteiger partial charge in [-0.15, -0.1) is 0 Å². The molecule has 1 aliphatic rings. The van der Waals surface area contributed by atoms with Crippen molar-refractivity contribution in [2.24, 2.45) is 0 Å². The Balaban J connectivity index is 2.20. The van der Waals surface area contributed by atoms with Crippen LogP contribution in [0.3, 0.4) is 0 Å². The second kappa shape index (κ2) is 6.02. The standard InChI is InChI=1S/C12H25NS/c1-12(2,14)10-13-11-8-6-4-3-5-7-9-11/h11,13-14H,3-10H2,1-2H3. The van der Waals surface area contributed by atoms with Gasteiger partial charge in [-0.1, -0.05) is 32.1 Å². The van der Waals surface area contributed by atoms with Crippen molar-refractivity contribution in [2.75, 3.05) is 6.54 Å². The molecular weight excluding hydrogens is 190 g/mol. The molecule has 1 fully saturated rings. The fourth-order valence-electron chi connectivity index (χ4n) is 2.05. The Morgan fingerprint density at radius 2 is 1.57 bits per heavy atom. The van der Waals surface area contributed by atoms with E-state index in [0.717, 1.165) is 12.6 Å². The van der Waals surface area contributed by atoms with Gasteiger partial charge in [0.15, 0.2) is 0 Å². The van der Waals surface area contributed by atoms with Crippen molar-refractivity contribution < 1.29 is 0 Å². The molecule has 14 heavy (non-hydrogen) atoms. The van der Waals surface area contributed by atoms with Crippen molar-refractivity contribution in [1.29, 1.82) is 0 Å². The molecule has 0 bridgehead atoms. The van der Waals surface area contributed by atoms with E-state index in [9.17, 15) is 0 Å². The number of rotatable bonds is 3. The van der Waals surface area contributed by atoms with E-state index in [1.807, 2.05) is 0 Å². The summed E-state index contributed by atoms with van der Waals surface area (Å²) in [7, 11) is 0. The van der Waals surface area contributed by atoms with Crippen LogP contribution in [0, 0.1) is 0 Å². The largest absolute Gasteiger partial charge is 0.313 e. The first-order valence-corrected chi connectivity index (χ1v) is 6.48. The molecule has 0 amide bonds. The van der Waals surface area contributed by atoms with Crippen molar-refractivity contribution in [1.82, 2.24) is 5.32 Å². The van der Waals surface area contributed by atoms with E-state index in [0.29, 0.717) is 0 Å². The molecule has 2 heteroatoms. The van der Waals surface area contributed by atoms with Crippen molar-refractivity contribution in [3.05, 3.63) is 0 Å². The summed E-state index contributed by atoms with van der Waals surface area (Å²) in [5, 5.41) is 3.65. The van der Waals surface area contributed by atoms with E-state index >= 15 is 0 Å². The Hall–Kier alpha value is 0.310. The van der Waals surface area contributed by atoms with E-state index in [-0.39, 0.29) is 4.75 Å². The summed E-state index contributed by atoms with van der Waals surface area (Å²) in [6.07, 6.45) is 9.86. The predicted octanol–water partition coefficient (Wildman–Crippen LogP) is 3.40. The third kappa shape index (κ3) is 5.92. The third-order valence-electron chi connectivity index (χ3n) is 2.93. The molecule has 0 unspecified atom stereocenters. The molecule has 1 nitrogen and oxygen atoms in total. The topological polar surface area (TPSA) is 12.0 Å². The quantitative estimate of drug-likeness (QED) is 0.688. The summed E-state index contributed by atoms with van der Waals surface area (Å²) < 4.78 is 0.127. The molecular formula is C12H25NS. The maximum Gasteiger partial charge on any atom is 0.0198 e. The fraction of sp³-hybridized carbons (Fsp3) is 1.00. The Morgan fingerprint density at radius 3 is 2.07 bits per heavy atom. The van der Waals surface area contributed by atoms with Crippen LogP contribution < -0.4 is 5.32 Å². The van der Waals surface area contributed by atoms with Crippen molar-refractivity contribution in [3.8, 4) is 0 Å². The van der Waals surface area contributed by atoms with E-state index in [1.165, 1.54) is 44.9 Å². The molecule has 0 saturated heterocycles. The minimum absolute atomic E-state index is 0.127. The second-order valence-electron chi connectivity index (χ2n) is 5.24. The van der Waals surface area contributed by atoms with Crippen LogP contribution >= 0.6 is 12.6 Å². The first-order valence-electron chi connectivity index (χ1n) is 6.04. The van der Waals surface area contributed by atoms with Gasteiger partial charge in [-0.3, -0.25) is 0 Å². The third-order valence-corrected chi connectivity index (χ3v) is 3.09. The maximum atomic E-state index is 4.54. The smallest absolute Gasteiger partial charge is 0.0198 e. The zero-order chi connectivity index (χ0) is 10.4. The Bertz CT molecular complexity index is 143. The highest BCUT2D eigenvalue weighted by molar-refractivity contribution is 7.81. The van der Waals surface area contributed by atoms with Gasteiger partial charge in [0.2, 0.25) is 0 Å². The summed E-state index contributed by atoms with van der Waals surface area (Å²) in [5.74, 6) is 0. The molecule has 0 aliphatic heterocycles. The minimum Gasteiger partial charge on any atom is -0.313 e. The Kier molecular flexibility index (Phi) is 5.32. The lowest BCUT2D eigenvalue weighted by molar-refractivity contribution is 0.381. The van der Waals surface area contributed by atoms with Crippen molar-refractivity contribution >= 4 is 12.6 Å². The molecule has 0 atom stereocenters. The van der Waals surface area contributed by atoms with Gasteiger partial charge < -0.3 is 5.32 Å². The van der Waals surface area contributed by atoms with E-state index < -0.39 is 0 Å². The molecule has 0 spiro atoms. The van der Waals surface area contributed by atoms with Crippen LogP contribution in [-0.4, -0.2) is 17.3 Å². The molecule has 84 valence electrons. The summed E-state index contributed by atoms with van der Waals surface area (Å²) in [5.41, 5.74) is 0. The number of thiol groups is 1. The van der Waals surface area contributed by atoms with Crippen molar-refractivity contribution in [2.45, 2.75) is 69.6 Å². The van der Waals surface area contributed by atoms with Gasteiger partial charge in [0.1, 0.15) is 0 Å². The first-order chi connectivity index (χ1) is 6.58. The molecule has 0 heterocycles. The van der Waals surface area contributed by atoms with Gasteiger partial charge in [0, 0.05) is 17.3 Å². The normalized spacial score (nSPS) is 21.6. The first kappa shape index (κ1) is 12.4. The van der Waals surface area contributed by atoms with Crippen LogP contribution in [0.25, 0.3) is 0 Å². The number of hydrogen-bond acceptors (Lipinski definition) is 2. The zero-order valence-corrected chi connectivity index (χ0v) is 10.6. The van der Waals surface area contributed by atoms with Gasteiger partial charge >= 0.3 is 0 Å². The maximum absolute atomic E-state index is 4.54. The molecule has 1 rings (SSSR count). The average Bonchev–Trinajstić information content (AvgIpc) is 2.00. The van der Waals surface area contributed by atoms with Crippen molar-refractivity contribution in [3.63, 3.8) is 0 Å². The number of hydrogen-bond donors (Lipinski definition) is 2. The summed E-state index contributed by atoms with van der Waals surface area (Å²) in [4.78, 5) is 0. The van der Waals surface area contributed by atoms with Gasteiger partial charge in [-0.05, 0) is 26.7 Å². The van der Waals surface area contributed by atoms with E-state index in [4.69, 9.17) is 0 Å². The highest BCUT2D eigenvalue weighted by atomic mass is 32.1. The SMILES string of the molecule is CC(C)(S)CNC1CCCCCCC1. The van der Waals surface area contributed by atoms with Gasteiger partial charge in [0.25, 0.3) is 0 Å². The van der Waals surface area contributed by atoms with Crippen LogP contribution in [0.2, 0.25) is 0 Å². The monoisotopic (exact) mass is 215 g/mol. The van der Waals surface area contributed by atoms with Crippen LogP contribution in [0.15, 0.2) is 0 Å². The molecule has 0 radical (unpaired) electrons. The van der Waals surface area contributed by atoms with Gasteiger partial charge in [-0.2, -0.15) is 12.6 Å². The lowest BCUT2D eigenvalue weighted by Crippen LogP contribution is -2.38. The minimum atomic E-state index is 0.127. The van der Waals surface area contributed by atoms with Crippen LogP contribution in [0.5, 0.6) is 0 Å². The fourth-order valence-corrected chi connectivity index (χ4v) is 2.15. The van der Waals surface area contributed by atoms with Crippen LogP contribution in [0.1, 0.15) is 58.8 Å². The molecule has 0 aromatic heterocycles. The van der Waals surface area contributed by atoms with Gasteiger partial charge in [-0.25, -0.2) is 0 Å². The zero-order valence-electron chi connectivity index (χ0n) is 9.68. The lowest BCUT2D eigenvalue weighted by atomic mass is 9.96. The Morgan fingerprint density at radius 1 is 1.07 bits per heavy atom. The highest BCUT2D eigenvalue weighted by Crippen LogP contribution is 2.18. The van der Waals surface area contributed by atoms with Crippen LogP contribution in [-0.2, 0) is 0 Å². The van der Waals surface area contributed by atoms with E-state index in [2.05, 4.69) is 31.8 Å². The molecule has 1 N–H and O–H groups in total. The predicted molar refractivity (Wildman–Crippen MR) is 67.2 cm³/mol. The lowest BCUT2D eigenvalue weighted by Gasteiger charge is -2.25. The summed E-state index contributed by atoms with van der Waals surface area (Å²) in [6.45, 7) is 5.37. The highest BCUT2D eigenvalue weighted by Gasteiger charge is 2.15. The average molecular weight is 215 g/mol. The Labute approximate surface area is 94.5 Å². The molecule has 1 aliphatic carbocycles.